The molecule has 0 fully saturated rings. The number of ether oxygens (including phenoxy) is 1. The van der Waals surface area contributed by atoms with Crippen molar-refractivity contribution in [2.24, 2.45) is 4.99 Å². The number of carbonyl (C=O) groups excluding carboxylic acids is 1. The van der Waals surface area contributed by atoms with Gasteiger partial charge in [0.1, 0.15) is 5.75 Å². The molecular weight excluding hydrogens is 332 g/mol. The molecule has 3 aromatic rings. The predicted molar refractivity (Wildman–Crippen MR) is 102 cm³/mol. The number of nitrogens with zero attached hydrogens (tertiary/aromatic N) is 2. The number of hydrogen-bond donors (Lipinski definition) is 0. The molecule has 0 atom stereocenters. The van der Waals surface area contributed by atoms with E-state index in [9.17, 15) is 4.79 Å². The van der Waals surface area contributed by atoms with Gasteiger partial charge in [-0.05, 0) is 49.2 Å². The number of fused-ring (bicyclic) bond motifs is 1. The van der Waals surface area contributed by atoms with Crippen LogP contribution < -0.4 is 9.54 Å². The zero-order valence-corrected chi connectivity index (χ0v) is 15.2. The van der Waals surface area contributed by atoms with E-state index in [-0.39, 0.29) is 12.5 Å². The zero-order valence-electron chi connectivity index (χ0n) is 14.4. The summed E-state index contributed by atoms with van der Waals surface area (Å²) in [6, 6.07) is 13.5. The molecule has 2 aromatic carbocycles. The highest BCUT2D eigenvalue weighted by molar-refractivity contribution is 7.16. The molecule has 4 nitrogen and oxygen atoms in total. The van der Waals surface area contributed by atoms with Crippen molar-refractivity contribution in [3.8, 4) is 5.75 Å². The van der Waals surface area contributed by atoms with Crippen LogP contribution in [0.5, 0.6) is 5.75 Å². The molecule has 0 aliphatic heterocycles. The quantitative estimate of drug-likeness (QED) is 0.651. The van der Waals surface area contributed by atoms with E-state index in [1.165, 1.54) is 22.5 Å². The number of rotatable bonds is 5. The van der Waals surface area contributed by atoms with Gasteiger partial charge in [-0.25, -0.2) is 0 Å². The summed E-state index contributed by atoms with van der Waals surface area (Å²) in [6.45, 7) is 8.51. The van der Waals surface area contributed by atoms with E-state index in [2.05, 4.69) is 37.6 Å². The highest BCUT2D eigenvalue weighted by atomic mass is 32.1. The first-order chi connectivity index (χ1) is 12.1. The molecule has 1 aromatic heterocycles. The number of carbonyl (C=O) groups is 1. The lowest BCUT2D eigenvalue weighted by Crippen LogP contribution is -2.19. The number of aryl methyl sites for hydroxylation is 2. The number of hydrogen-bond acceptors (Lipinski definition) is 3. The Bertz CT molecular complexity index is 984. The molecule has 0 radical (unpaired) electrons. The third-order valence-electron chi connectivity index (χ3n) is 3.94. The highest BCUT2D eigenvalue weighted by Crippen LogP contribution is 2.22. The van der Waals surface area contributed by atoms with Crippen molar-refractivity contribution < 1.29 is 9.53 Å². The van der Waals surface area contributed by atoms with E-state index < -0.39 is 0 Å². The maximum absolute atomic E-state index is 12.2. The fourth-order valence-corrected chi connectivity index (χ4v) is 3.65. The minimum Gasteiger partial charge on any atom is -0.484 e. The second-order valence-electron chi connectivity index (χ2n) is 5.80. The zero-order chi connectivity index (χ0) is 17.8. The molecule has 0 N–H and O–H groups in total. The van der Waals surface area contributed by atoms with Crippen LogP contribution in [0.1, 0.15) is 11.1 Å². The molecule has 0 aliphatic rings. The normalized spacial score (nSPS) is 11.7. The van der Waals surface area contributed by atoms with E-state index in [1.54, 1.807) is 0 Å². The first kappa shape index (κ1) is 17.2. The fourth-order valence-electron chi connectivity index (χ4n) is 2.51. The summed E-state index contributed by atoms with van der Waals surface area (Å²) < 4.78 is 8.61. The van der Waals surface area contributed by atoms with Gasteiger partial charge >= 0.3 is 0 Å². The average molecular weight is 352 g/mol. The van der Waals surface area contributed by atoms with Gasteiger partial charge in [-0.3, -0.25) is 4.79 Å². The van der Waals surface area contributed by atoms with Crippen molar-refractivity contribution in [2.75, 3.05) is 6.61 Å². The Hall–Kier alpha value is -2.66. The SMILES string of the molecule is C=CCn1c(=NC(=O)COc2ccccc2)sc2cc(C)c(C)cc21. The van der Waals surface area contributed by atoms with Gasteiger partial charge in [0, 0.05) is 6.54 Å². The van der Waals surface area contributed by atoms with Crippen molar-refractivity contribution in [1.29, 1.82) is 0 Å². The minimum absolute atomic E-state index is 0.0790. The monoisotopic (exact) mass is 352 g/mol. The first-order valence-corrected chi connectivity index (χ1v) is 8.87. The lowest BCUT2D eigenvalue weighted by molar-refractivity contribution is -0.120. The van der Waals surface area contributed by atoms with Crippen molar-refractivity contribution in [3.63, 3.8) is 0 Å². The Balaban J connectivity index is 1.93. The Morgan fingerprint density at radius 3 is 2.68 bits per heavy atom. The number of thiazole rings is 1. The van der Waals surface area contributed by atoms with Crippen LogP contribution in [0, 0.1) is 13.8 Å². The minimum atomic E-state index is -0.304. The van der Waals surface area contributed by atoms with Crippen molar-refractivity contribution in [1.82, 2.24) is 4.57 Å². The van der Waals surface area contributed by atoms with Crippen LogP contribution in [-0.2, 0) is 11.3 Å². The largest absolute Gasteiger partial charge is 0.484 e. The van der Waals surface area contributed by atoms with Gasteiger partial charge < -0.3 is 9.30 Å². The maximum atomic E-state index is 12.2. The molecule has 1 amide bonds. The Morgan fingerprint density at radius 2 is 1.96 bits per heavy atom. The Morgan fingerprint density at radius 1 is 1.24 bits per heavy atom. The van der Waals surface area contributed by atoms with Gasteiger partial charge in [0.25, 0.3) is 5.91 Å². The number of aromatic nitrogens is 1. The number of benzene rings is 2. The third-order valence-corrected chi connectivity index (χ3v) is 4.98. The van der Waals surface area contributed by atoms with Gasteiger partial charge in [-0.2, -0.15) is 4.99 Å². The van der Waals surface area contributed by atoms with Crippen molar-refractivity contribution in [3.05, 3.63) is 71.0 Å². The summed E-state index contributed by atoms with van der Waals surface area (Å²) in [5.74, 6) is 0.356. The summed E-state index contributed by atoms with van der Waals surface area (Å²) in [5.41, 5.74) is 3.52. The molecule has 0 unspecified atom stereocenters. The predicted octanol–water partition coefficient (Wildman–Crippen LogP) is 4.01. The molecule has 5 heteroatoms. The summed E-state index contributed by atoms with van der Waals surface area (Å²) in [5, 5.41) is 0. The van der Waals surface area contributed by atoms with Gasteiger partial charge in [-0.15, -0.1) is 6.58 Å². The van der Waals surface area contributed by atoms with Crippen LogP contribution in [-0.4, -0.2) is 17.1 Å². The summed E-state index contributed by atoms with van der Waals surface area (Å²) in [7, 11) is 0. The molecule has 0 bridgehead atoms. The smallest absolute Gasteiger partial charge is 0.286 e. The topological polar surface area (TPSA) is 43.6 Å². The second kappa shape index (κ2) is 7.49. The summed E-state index contributed by atoms with van der Waals surface area (Å²) >= 11 is 1.51. The van der Waals surface area contributed by atoms with Crippen LogP contribution in [0.15, 0.2) is 60.1 Å². The first-order valence-electron chi connectivity index (χ1n) is 8.05. The third kappa shape index (κ3) is 3.88. The van der Waals surface area contributed by atoms with Gasteiger partial charge in [0.15, 0.2) is 11.4 Å². The summed E-state index contributed by atoms with van der Waals surface area (Å²) in [4.78, 5) is 17.2. The lowest BCUT2D eigenvalue weighted by Gasteiger charge is -2.04. The van der Waals surface area contributed by atoms with E-state index >= 15 is 0 Å². The second-order valence-corrected chi connectivity index (χ2v) is 6.80. The van der Waals surface area contributed by atoms with E-state index in [1.807, 2.05) is 41.0 Å². The standard InChI is InChI=1S/C20H20N2O2S/c1-4-10-22-17-11-14(2)15(3)12-18(17)25-20(22)21-19(23)13-24-16-8-6-5-7-9-16/h4-9,11-12H,1,10,13H2,2-3H3. The number of para-hydroxylation sites is 1. The molecule has 3 rings (SSSR count). The molecule has 0 saturated heterocycles. The van der Waals surface area contributed by atoms with E-state index in [0.717, 1.165) is 10.2 Å². The lowest BCUT2D eigenvalue weighted by atomic mass is 10.1. The van der Waals surface area contributed by atoms with Gasteiger partial charge in [0.2, 0.25) is 0 Å². The molecule has 0 aliphatic carbocycles. The Labute approximate surface area is 150 Å². The average Bonchev–Trinajstić information content (AvgIpc) is 2.91. The van der Waals surface area contributed by atoms with Gasteiger partial charge in [0.05, 0.1) is 10.2 Å². The number of amides is 1. The highest BCUT2D eigenvalue weighted by Gasteiger charge is 2.09. The van der Waals surface area contributed by atoms with Crippen LogP contribution in [0.2, 0.25) is 0 Å². The molecule has 0 saturated carbocycles. The van der Waals surface area contributed by atoms with Crippen LogP contribution in [0.4, 0.5) is 0 Å². The molecule has 128 valence electrons. The molecular formula is C20H20N2O2S. The van der Waals surface area contributed by atoms with Crippen LogP contribution >= 0.6 is 11.3 Å². The van der Waals surface area contributed by atoms with Crippen LogP contribution in [0.25, 0.3) is 10.2 Å². The Kier molecular flexibility index (Phi) is 5.14. The van der Waals surface area contributed by atoms with E-state index in [4.69, 9.17) is 4.74 Å². The van der Waals surface area contributed by atoms with Gasteiger partial charge in [-0.1, -0.05) is 35.6 Å². The fraction of sp³-hybridized carbons (Fsp3) is 0.200. The molecule has 25 heavy (non-hydrogen) atoms. The molecule has 1 heterocycles. The van der Waals surface area contributed by atoms with Crippen molar-refractivity contribution in [2.45, 2.75) is 20.4 Å². The van der Waals surface area contributed by atoms with E-state index in [0.29, 0.717) is 17.1 Å². The summed E-state index contributed by atoms with van der Waals surface area (Å²) in [6.07, 6.45) is 1.81. The maximum Gasteiger partial charge on any atom is 0.286 e. The molecule has 0 spiro atoms. The van der Waals surface area contributed by atoms with Crippen LogP contribution in [0.3, 0.4) is 0 Å². The number of allylic oxidation sites excluding steroid dienone is 1. The van der Waals surface area contributed by atoms with Crippen molar-refractivity contribution >= 4 is 27.5 Å².